The van der Waals surface area contributed by atoms with Gasteiger partial charge in [-0.1, -0.05) is 0 Å². The third-order valence-electron chi connectivity index (χ3n) is 1.52. The van der Waals surface area contributed by atoms with Crippen LogP contribution in [0.25, 0.3) is 0 Å². The molecule has 2 N–H and O–H groups in total. The van der Waals surface area contributed by atoms with Gasteiger partial charge in [-0.05, 0) is 6.92 Å². The number of carbonyl (C=O) groups excluding carboxylic acids is 1. The zero-order chi connectivity index (χ0) is 10.9. The molecule has 0 unspecified atom stereocenters. The van der Waals surface area contributed by atoms with Crippen molar-refractivity contribution < 1.29 is 18.0 Å². The molecule has 0 aliphatic heterocycles. The Balaban J connectivity index is 3.22. The summed E-state index contributed by atoms with van der Waals surface area (Å²) < 4.78 is 37.4. The molecule has 77 valence electrons. The summed E-state index contributed by atoms with van der Waals surface area (Å²) in [6.45, 7) is 1.47. The number of primary amides is 1. The zero-order valence-electron chi connectivity index (χ0n) is 7.22. The Morgan fingerprint density at radius 2 is 2.21 bits per heavy atom. The average molecular weight is 206 g/mol. The molecule has 0 spiro atoms. The quantitative estimate of drug-likeness (QED) is 0.778. The minimum absolute atomic E-state index is 0.00137. The van der Waals surface area contributed by atoms with Crippen molar-refractivity contribution in [3.63, 3.8) is 0 Å². The van der Waals surface area contributed by atoms with Gasteiger partial charge in [0.25, 0.3) is 5.91 Å². The first kappa shape index (κ1) is 10.6. The van der Waals surface area contributed by atoms with Crippen LogP contribution < -0.4 is 5.73 Å². The second kappa shape index (κ2) is 3.32. The molecule has 1 heterocycles. The van der Waals surface area contributed by atoms with Gasteiger partial charge >= 0.3 is 6.18 Å². The zero-order valence-corrected chi connectivity index (χ0v) is 7.22. The Morgan fingerprint density at radius 3 is 2.50 bits per heavy atom. The van der Waals surface area contributed by atoms with Crippen molar-refractivity contribution >= 4 is 5.91 Å². The van der Waals surface area contributed by atoms with Crippen molar-refractivity contribution in [1.29, 1.82) is 0 Å². The Labute approximate surface area is 77.5 Å². The van der Waals surface area contributed by atoms with E-state index in [1.54, 1.807) is 0 Å². The Kier molecular flexibility index (Phi) is 2.50. The maximum Gasteiger partial charge on any atom is 0.433 e. The minimum Gasteiger partial charge on any atom is -0.364 e. The molecule has 0 aromatic carbocycles. The molecule has 4 nitrogen and oxygen atoms in total. The summed E-state index contributed by atoms with van der Waals surface area (Å²) in [4.78, 5) is 10.6. The molecule has 0 aliphatic carbocycles. The van der Waals surface area contributed by atoms with Crippen molar-refractivity contribution in [3.05, 3.63) is 17.5 Å². The van der Waals surface area contributed by atoms with Gasteiger partial charge < -0.3 is 5.73 Å². The van der Waals surface area contributed by atoms with Crippen LogP contribution in [-0.4, -0.2) is 15.7 Å². The second-order valence-electron chi connectivity index (χ2n) is 2.50. The third kappa shape index (κ3) is 1.86. The van der Waals surface area contributed by atoms with Gasteiger partial charge in [0.15, 0.2) is 11.4 Å². The van der Waals surface area contributed by atoms with Crippen molar-refractivity contribution in [2.24, 2.45) is 5.73 Å². The number of rotatable bonds is 2. The standard InChI is InChI=1S/C7H7F3N3O/c1-2-13-5(7(8,9)10)3-4(12-13)6(11)14/h2H2,1H3,(H2,11,14). The van der Waals surface area contributed by atoms with E-state index < -0.39 is 23.5 Å². The lowest BCUT2D eigenvalue weighted by Crippen LogP contribution is -2.14. The van der Waals surface area contributed by atoms with Crippen molar-refractivity contribution in [1.82, 2.24) is 9.78 Å². The molecule has 0 fully saturated rings. The first-order chi connectivity index (χ1) is 6.36. The van der Waals surface area contributed by atoms with Gasteiger partial charge in [-0.3, -0.25) is 9.48 Å². The van der Waals surface area contributed by atoms with E-state index in [0.29, 0.717) is 4.68 Å². The van der Waals surface area contributed by atoms with E-state index in [1.165, 1.54) is 6.92 Å². The van der Waals surface area contributed by atoms with Crippen LogP contribution in [0.3, 0.4) is 0 Å². The van der Waals surface area contributed by atoms with Crippen LogP contribution in [0.2, 0.25) is 0 Å². The molecule has 1 aromatic rings. The predicted molar refractivity (Wildman–Crippen MR) is 40.3 cm³/mol. The lowest BCUT2D eigenvalue weighted by molar-refractivity contribution is -0.144. The number of hydrogen-bond donors (Lipinski definition) is 1. The smallest absolute Gasteiger partial charge is 0.364 e. The molecule has 1 radical (unpaired) electrons. The van der Waals surface area contributed by atoms with E-state index in [9.17, 15) is 18.0 Å². The molecular weight excluding hydrogens is 199 g/mol. The van der Waals surface area contributed by atoms with Gasteiger partial charge in [0.05, 0.1) is 0 Å². The number of aryl methyl sites for hydroxylation is 1. The Bertz CT molecular complexity index is 356. The molecule has 0 atom stereocenters. The molecule has 7 heteroatoms. The number of nitrogens with zero attached hydrogens (tertiary/aromatic N) is 2. The molecule has 0 bridgehead atoms. The highest BCUT2D eigenvalue weighted by Gasteiger charge is 2.36. The summed E-state index contributed by atoms with van der Waals surface area (Å²) in [6, 6.07) is 1.82. The Morgan fingerprint density at radius 1 is 1.64 bits per heavy atom. The maximum absolute atomic E-state index is 12.3. The lowest BCUT2D eigenvalue weighted by atomic mass is 10.3. The largest absolute Gasteiger partial charge is 0.433 e. The summed E-state index contributed by atoms with van der Waals surface area (Å²) in [5.74, 6) is -1.03. The monoisotopic (exact) mass is 206 g/mol. The van der Waals surface area contributed by atoms with Crippen LogP contribution >= 0.6 is 0 Å². The summed E-state index contributed by atoms with van der Waals surface area (Å²) in [5.41, 5.74) is 3.19. The van der Waals surface area contributed by atoms with Crippen LogP contribution in [-0.2, 0) is 12.7 Å². The fourth-order valence-electron chi connectivity index (χ4n) is 0.929. The maximum atomic E-state index is 12.3. The first-order valence-corrected chi connectivity index (χ1v) is 3.73. The molecule has 1 rings (SSSR count). The summed E-state index contributed by atoms with van der Waals surface area (Å²) in [6.07, 6.45) is -4.57. The van der Waals surface area contributed by atoms with Gasteiger partial charge in [0.2, 0.25) is 0 Å². The van der Waals surface area contributed by atoms with Crippen LogP contribution in [0.5, 0.6) is 0 Å². The van der Waals surface area contributed by atoms with E-state index in [1.807, 2.05) is 6.07 Å². The van der Waals surface area contributed by atoms with Crippen LogP contribution in [0.1, 0.15) is 23.1 Å². The summed E-state index contributed by atoms with van der Waals surface area (Å²) >= 11 is 0. The fraction of sp³-hybridized carbons (Fsp3) is 0.429. The van der Waals surface area contributed by atoms with E-state index >= 15 is 0 Å². The number of halogens is 3. The highest BCUT2D eigenvalue weighted by Crippen LogP contribution is 2.29. The van der Waals surface area contributed by atoms with Gasteiger partial charge in [-0.25, -0.2) is 0 Å². The third-order valence-corrected chi connectivity index (χ3v) is 1.52. The normalized spacial score (nSPS) is 11.7. The number of hydrogen-bond acceptors (Lipinski definition) is 2. The first-order valence-electron chi connectivity index (χ1n) is 3.73. The Hall–Kier alpha value is -1.53. The van der Waals surface area contributed by atoms with Gasteiger partial charge in [0, 0.05) is 12.6 Å². The SMILES string of the molecule is CCn1nc(C(N)=O)[c]c1C(F)(F)F. The van der Waals surface area contributed by atoms with E-state index in [0.717, 1.165) is 0 Å². The molecule has 14 heavy (non-hydrogen) atoms. The highest BCUT2D eigenvalue weighted by molar-refractivity contribution is 5.90. The van der Waals surface area contributed by atoms with Crippen molar-refractivity contribution in [2.45, 2.75) is 19.6 Å². The second-order valence-corrected chi connectivity index (χ2v) is 2.50. The molecular formula is C7H7F3N3O. The predicted octanol–water partition coefficient (Wildman–Crippen LogP) is 0.821. The van der Waals surface area contributed by atoms with Crippen molar-refractivity contribution in [3.8, 4) is 0 Å². The van der Waals surface area contributed by atoms with Gasteiger partial charge in [-0.2, -0.15) is 18.3 Å². The average Bonchev–Trinajstić information content (AvgIpc) is 2.46. The van der Waals surface area contributed by atoms with Crippen LogP contribution in [0.4, 0.5) is 13.2 Å². The lowest BCUT2D eigenvalue weighted by Gasteiger charge is -2.06. The van der Waals surface area contributed by atoms with Gasteiger partial charge in [-0.15, -0.1) is 0 Å². The number of nitrogens with two attached hydrogens (primary N) is 1. The van der Waals surface area contributed by atoms with Crippen molar-refractivity contribution in [2.75, 3.05) is 0 Å². The van der Waals surface area contributed by atoms with Crippen LogP contribution in [0, 0.1) is 6.07 Å². The summed E-state index contributed by atoms with van der Waals surface area (Å²) in [7, 11) is 0. The highest BCUT2D eigenvalue weighted by atomic mass is 19.4. The minimum atomic E-state index is -4.57. The van der Waals surface area contributed by atoms with E-state index in [2.05, 4.69) is 5.10 Å². The van der Waals surface area contributed by atoms with E-state index in [4.69, 9.17) is 5.73 Å². The molecule has 0 saturated carbocycles. The topological polar surface area (TPSA) is 60.9 Å². The number of amides is 1. The molecule has 1 aromatic heterocycles. The number of aromatic nitrogens is 2. The van der Waals surface area contributed by atoms with Gasteiger partial charge in [0.1, 0.15) is 0 Å². The number of alkyl halides is 3. The number of carbonyl (C=O) groups is 1. The molecule has 1 amide bonds. The molecule has 0 aliphatic rings. The van der Waals surface area contributed by atoms with E-state index in [-0.39, 0.29) is 6.54 Å². The van der Waals surface area contributed by atoms with Crippen LogP contribution in [0.15, 0.2) is 0 Å². The molecule has 0 saturated heterocycles. The fourth-order valence-corrected chi connectivity index (χ4v) is 0.929. The summed E-state index contributed by atoms with van der Waals surface area (Å²) in [5, 5.41) is 3.36.